The minimum Gasteiger partial charge on any atom is -0.462 e. The molecule has 9 heteroatoms. The van der Waals surface area contributed by atoms with E-state index in [1.165, 1.54) is 70.6 Å². The zero-order chi connectivity index (χ0) is 33.3. The number of ether oxygens (including phenoxy) is 2. The highest BCUT2D eigenvalue weighted by atomic mass is 31.2. The summed E-state index contributed by atoms with van der Waals surface area (Å²) in [4.78, 5) is 42.6. The Bertz CT molecular complexity index is 792. The zero-order valence-corrected chi connectivity index (χ0v) is 29.7. The molecule has 0 aliphatic carbocycles. The molecule has 264 valence electrons. The van der Waals surface area contributed by atoms with Crippen molar-refractivity contribution in [1.29, 1.82) is 0 Å². The molecule has 0 rings (SSSR count). The second-order valence-corrected chi connectivity index (χ2v) is 13.4. The molecule has 0 radical (unpaired) electrons. The van der Waals surface area contributed by atoms with Gasteiger partial charge in [0.15, 0.2) is 6.10 Å². The van der Waals surface area contributed by atoms with Crippen molar-refractivity contribution in [2.24, 2.45) is 0 Å². The molecule has 0 aromatic rings. The van der Waals surface area contributed by atoms with Gasteiger partial charge in [0.25, 0.3) is 0 Å². The van der Waals surface area contributed by atoms with Gasteiger partial charge in [-0.05, 0) is 64.2 Å². The van der Waals surface area contributed by atoms with Crippen LogP contribution in [0.25, 0.3) is 0 Å². The monoisotopic (exact) mass is 658 g/mol. The van der Waals surface area contributed by atoms with Crippen LogP contribution in [0.15, 0.2) is 24.3 Å². The number of allylic oxidation sites excluding steroid dienone is 4. The highest BCUT2D eigenvalue weighted by molar-refractivity contribution is 7.46. The number of carbonyl (C=O) groups is 2. The highest BCUT2D eigenvalue weighted by Crippen LogP contribution is 2.36. The van der Waals surface area contributed by atoms with E-state index in [-0.39, 0.29) is 19.4 Å². The smallest absolute Gasteiger partial charge is 0.462 e. The number of unbranched alkanes of at least 4 members (excludes halogenated alkanes) is 19. The van der Waals surface area contributed by atoms with Crippen molar-refractivity contribution >= 4 is 19.8 Å². The van der Waals surface area contributed by atoms with Crippen LogP contribution in [0.3, 0.4) is 0 Å². The maximum atomic E-state index is 12.3. The minimum atomic E-state index is -4.75. The van der Waals surface area contributed by atoms with Gasteiger partial charge in [-0.25, -0.2) is 4.57 Å². The Balaban J connectivity index is 4.00. The van der Waals surface area contributed by atoms with Gasteiger partial charge in [0.05, 0.1) is 6.61 Å². The molecular weight excluding hydrogens is 591 g/mol. The number of esters is 2. The summed E-state index contributed by atoms with van der Waals surface area (Å²) < 4.78 is 26.2. The van der Waals surface area contributed by atoms with Crippen LogP contribution in [0.4, 0.5) is 0 Å². The van der Waals surface area contributed by atoms with E-state index in [4.69, 9.17) is 19.3 Å². The number of phosphoric acid groups is 1. The lowest BCUT2D eigenvalue weighted by Crippen LogP contribution is -2.29. The van der Waals surface area contributed by atoms with Crippen molar-refractivity contribution in [2.75, 3.05) is 13.2 Å². The molecule has 2 N–H and O–H groups in total. The van der Waals surface area contributed by atoms with Gasteiger partial charge in [-0.3, -0.25) is 14.1 Å². The maximum absolute atomic E-state index is 12.3. The lowest BCUT2D eigenvalue weighted by Gasteiger charge is -2.18. The van der Waals surface area contributed by atoms with Gasteiger partial charge in [0.2, 0.25) is 0 Å². The van der Waals surface area contributed by atoms with Crippen LogP contribution in [0.1, 0.15) is 174 Å². The first-order chi connectivity index (χ1) is 21.8. The standard InChI is InChI=1S/C36H67O8P/c1-3-5-7-9-11-13-15-17-18-19-21-23-25-27-29-31-36(38)44-34(33-43-45(39,40)41)32-42-35(37)30-28-26-24-22-20-16-14-12-10-8-6-4-2/h12,14,17-18,34H,3-11,13,15-16,19-33H2,1-2H3,(H2,39,40,41)/b14-12-,18-17-/t34-/m1/s1. The predicted octanol–water partition coefficient (Wildman–Crippen LogP) is 10.5. The van der Waals surface area contributed by atoms with Crippen LogP contribution in [0.5, 0.6) is 0 Å². The molecular formula is C36H67O8P. The second kappa shape index (κ2) is 32.5. The number of phosphoric ester groups is 1. The second-order valence-electron chi connectivity index (χ2n) is 12.2. The van der Waals surface area contributed by atoms with Gasteiger partial charge in [0, 0.05) is 12.8 Å². The number of hydrogen-bond acceptors (Lipinski definition) is 6. The van der Waals surface area contributed by atoms with E-state index < -0.39 is 32.5 Å². The van der Waals surface area contributed by atoms with E-state index in [0.29, 0.717) is 12.8 Å². The van der Waals surface area contributed by atoms with Crippen LogP contribution in [-0.2, 0) is 28.2 Å². The molecule has 0 spiro atoms. The fourth-order valence-electron chi connectivity index (χ4n) is 4.95. The van der Waals surface area contributed by atoms with Crippen molar-refractivity contribution < 1.29 is 37.9 Å². The largest absolute Gasteiger partial charge is 0.469 e. The van der Waals surface area contributed by atoms with Crippen molar-refractivity contribution in [1.82, 2.24) is 0 Å². The van der Waals surface area contributed by atoms with Crippen molar-refractivity contribution in [2.45, 2.75) is 180 Å². The molecule has 0 aromatic carbocycles. The molecule has 0 saturated carbocycles. The summed E-state index contributed by atoms with van der Waals surface area (Å²) in [6, 6.07) is 0. The van der Waals surface area contributed by atoms with Gasteiger partial charge in [-0.2, -0.15) is 0 Å². The highest BCUT2D eigenvalue weighted by Gasteiger charge is 2.22. The van der Waals surface area contributed by atoms with Crippen LogP contribution in [0, 0.1) is 0 Å². The molecule has 1 atom stereocenters. The first-order valence-electron chi connectivity index (χ1n) is 18.1. The Morgan fingerprint density at radius 1 is 0.556 bits per heavy atom. The minimum absolute atomic E-state index is 0.202. The van der Waals surface area contributed by atoms with Crippen molar-refractivity contribution in [3.05, 3.63) is 24.3 Å². The molecule has 0 heterocycles. The van der Waals surface area contributed by atoms with Crippen LogP contribution in [-0.4, -0.2) is 41.0 Å². The zero-order valence-electron chi connectivity index (χ0n) is 28.8. The van der Waals surface area contributed by atoms with Crippen LogP contribution in [0.2, 0.25) is 0 Å². The van der Waals surface area contributed by atoms with Gasteiger partial charge in [0.1, 0.15) is 6.61 Å². The molecule has 0 saturated heterocycles. The van der Waals surface area contributed by atoms with E-state index >= 15 is 0 Å². The Labute approximate surface area is 275 Å². The SMILES string of the molecule is CCCCC/C=C\CCCCCCCC(=O)OC[C@H](COP(=O)(O)O)OC(=O)CCCCCCC/C=C\CCCCCCCC. The summed E-state index contributed by atoms with van der Waals surface area (Å²) in [5, 5.41) is 0. The summed E-state index contributed by atoms with van der Waals surface area (Å²) >= 11 is 0. The molecule has 8 nitrogen and oxygen atoms in total. The summed E-state index contributed by atoms with van der Waals surface area (Å²) in [5.41, 5.74) is 0. The fraction of sp³-hybridized carbons (Fsp3) is 0.833. The summed E-state index contributed by atoms with van der Waals surface area (Å²) in [6.07, 6.45) is 34.7. The number of carbonyl (C=O) groups excluding carboxylic acids is 2. The normalized spacial score (nSPS) is 12.7. The molecule has 0 fully saturated rings. The average Bonchev–Trinajstić information content (AvgIpc) is 3.00. The van der Waals surface area contributed by atoms with Gasteiger partial charge < -0.3 is 19.3 Å². The molecule has 0 bridgehead atoms. The Morgan fingerprint density at radius 2 is 0.933 bits per heavy atom. The lowest BCUT2D eigenvalue weighted by atomic mass is 10.1. The molecule has 45 heavy (non-hydrogen) atoms. The van der Waals surface area contributed by atoms with Gasteiger partial charge in [-0.15, -0.1) is 0 Å². The van der Waals surface area contributed by atoms with E-state index in [0.717, 1.165) is 64.2 Å². The molecule has 0 aromatic heterocycles. The third-order valence-electron chi connectivity index (χ3n) is 7.69. The predicted molar refractivity (Wildman–Crippen MR) is 184 cm³/mol. The maximum Gasteiger partial charge on any atom is 0.469 e. The Hall–Kier alpha value is -1.47. The molecule has 0 unspecified atom stereocenters. The fourth-order valence-corrected chi connectivity index (χ4v) is 5.31. The quantitative estimate of drug-likeness (QED) is 0.0309. The van der Waals surface area contributed by atoms with E-state index in [9.17, 15) is 14.2 Å². The lowest BCUT2D eigenvalue weighted by molar-refractivity contribution is -0.161. The third kappa shape index (κ3) is 35.2. The van der Waals surface area contributed by atoms with Gasteiger partial charge in [-0.1, -0.05) is 122 Å². The van der Waals surface area contributed by atoms with E-state index in [1.54, 1.807) is 0 Å². The first-order valence-corrected chi connectivity index (χ1v) is 19.7. The summed E-state index contributed by atoms with van der Waals surface area (Å²) in [7, 11) is -4.75. The number of rotatable bonds is 33. The Kier molecular flexibility index (Phi) is 31.4. The molecule has 0 aliphatic heterocycles. The van der Waals surface area contributed by atoms with Crippen molar-refractivity contribution in [3.63, 3.8) is 0 Å². The average molecular weight is 659 g/mol. The van der Waals surface area contributed by atoms with E-state index in [1.807, 2.05) is 0 Å². The third-order valence-corrected chi connectivity index (χ3v) is 8.18. The topological polar surface area (TPSA) is 119 Å². The van der Waals surface area contributed by atoms with Crippen LogP contribution >= 0.6 is 7.82 Å². The van der Waals surface area contributed by atoms with E-state index in [2.05, 4.69) is 42.7 Å². The Morgan fingerprint density at radius 3 is 1.40 bits per heavy atom. The first kappa shape index (κ1) is 43.5. The molecule has 0 aliphatic rings. The number of hydrogen-bond donors (Lipinski definition) is 2. The van der Waals surface area contributed by atoms with Crippen molar-refractivity contribution in [3.8, 4) is 0 Å². The van der Waals surface area contributed by atoms with Crippen LogP contribution < -0.4 is 0 Å². The summed E-state index contributed by atoms with van der Waals surface area (Å²) in [6.45, 7) is 3.62. The summed E-state index contributed by atoms with van der Waals surface area (Å²) in [5.74, 6) is -0.904. The van der Waals surface area contributed by atoms with Gasteiger partial charge >= 0.3 is 19.8 Å². The molecule has 0 amide bonds.